The van der Waals surface area contributed by atoms with Crippen LogP contribution in [0.15, 0.2) is 41.0 Å². The minimum absolute atomic E-state index is 0.114. The number of amides is 1. The van der Waals surface area contributed by atoms with E-state index in [1.807, 2.05) is 0 Å². The monoisotopic (exact) mass is 352 g/mol. The average Bonchev–Trinajstić information content (AvgIpc) is 3.07. The minimum Gasteiger partial charge on any atom is -0.467 e. The molecule has 0 aliphatic carbocycles. The highest BCUT2D eigenvalue weighted by atomic mass is 35.5. The molecule has 1 aromatic heterocycles. The summed E-state index contributed by atoms with van der Waals surface area (Å²) in [7, 11) is 0. The highest BCUT2D eigenvalue weighted by Crippen LogP contribution is 2.23. The molecule has 24 heavy (non-hydrogen) atoms. The van der Waals surface area contributed by atoms with Crippen LogP contribution in [0.5, 0.6) is 0 Å². The lowest BCUT2D eigenvalue weighted by molar-refractivity contribution is -0.385. The molecule has 0 unspecified atom stereocenters. The Morgan fingerprint density at radius 2 is 2.17 bits per heavy atom. The summed E-state index contributed by atoms with van der Waals surface area (Å²) < 4.78 is 9.94. The number of furan rings is 1. The molecule has 0 spiro atoms. The van der Waals surface area contributed by atoms with E-state index >= 15 is 0 Å². The van der Waals surface area contributed by atoms with Crippen molar-refractivity contribution in [1.82, 2.24) is 5.32 Å². The van der Waals surface area contributed by atoms with Crippen LogP contribution in [0, 0.1) is 10.1 Å². The van der Waals surface area contributed by atoms with Gasteiger partial charge in [-0.15, -0.1) is 0 Å². The fourth-order valence-electron chi connectivity index (χ4n) is 1.93. The van der Waals surface area contributed by atoms with E-state index in [9.17, 15) is 19.7 Å². The van der Waals surface area contributed by atoms with Gasteiger partial charge < -0.3 is 14.5 Å². The second-order valence-corrected chi connectivity index (χ2v) is 5.24. The van der Waals surface area contributed by atoms with Crippen LogP contribution in [0.3, 0.4) is 0 Å². The minimum atomic E-state index is -0.987. The van der Waals surface area contributed by atoms with E-state index in [-0.39, 0.29) is 10.6 Å². The number of ether oxygens (including phenoxy) is 1. The second kappa shape index (κ2) is 7.60. The van der Waals surface area contributed by atoms with E-state index in [4.69, 9.17) is 20.8 Å². The Morgan fingerprint density at radius 1 is 1.42 bits per heavy atom. The molecule has 1 atom stereocenters. The van der Waals surface area contributed by atoms with Crippen molar-refractivity contribution in [1.29, 1.82) is 0 Å². The van der Waals surface area contributed by atoms with Crippen molar-refractivity contribution in [3.05, 3.63) is 63.1 Å². The molecule has 126 valence electrons. The van der Waals surface area contributed by atoms with Crippen LogP contribution in [0.2, 0.25) is 5.02 Å². The molecule has 2 aromatic rings. The van der Waals surface area contributed by atoms with Gasteiger partial charge in [0.25, 0.3) is 11.6 Å². The van der Waals surface area contributed by atoms with E-state index in [0.29, 0.717) is 5.76 Å². The number of nitro benzene ring substituents is 1. The molecule has 0 bridgehead atoms. The first-order valence-corrected chi connectivity index (χ1v) is 7.20. The maximum Gasteiger partial charge on any atom is 0.345 e. The van der Waals surface area contributed by atoms with Gasteiger partial charge in [-0.25, -0.2) is 4.79 Å². The Labute approximate surface area is 141 Å². The number of halogens is 1. The van der Waals surface area contributed by atoms with Crippen molar-refractivity contribution in [2.75, 3.05) is 6.61 Å². The van der Waals surface area contributed by atoms with Gasteiger partial charge in [-0.05, 0) is 31.2 Å². The molecule has 1 N–H and O–H groups in total. The highest BCUT2D eigenvalue weighted by Gasteiger charge is 2.23. The molecule has 0 radical (unpaired) electrons. The maximum atomic E-state index is 11.9. The third-order valence-corrected chi connectivity index (χ3v) is 3.29. The van der Waals surface area contributed by atoms with Crippen molar-refractivity contribution < 1.29 is 23.7 Å². The smallest absolute Gasteiger partial charge is 0.345 e. The maximum absolute atomic E-state index is 11.9. The zero-order chi connectivity index (χ0) is 17.7. The fraction of sp³-hybridized carbons (Fsp3) is 0.200. The SMILES string of the molecule is C[C@@H](NC(=O)COC(=O)c1ccc(Cl)cc1[N+](=O)[O-])c1ccco1. The summed E-state index contributed by atoms with van der Waals surface area (Å²) >= 11 is 5.67. The first-order chi connectivity index (χ1) is 11.4. The van der Waals surface area contributed by atoms with E-state index in [1.165, 1.54) is 18.4 Å². The number of esters is 1. The molecule has 0 saturated carbocycles. The molecule has 0 fully saturated rings. The van der Waals surface area contributed by atoms with Crippen molar-refractivity contribution in [2.24, 2.45) is 0 Å². The third-order valence-electron chi connectivity index (χ3n) is 3.06. The lowest BCUT2D eigenvalue weighted by Gasteiger charge is -2.11. The summed E-state index contributed by atoms with van der Waals surface area (Å²) in [4.78, 5) is 33.9. The largest absolute Gasteiger partial charge is 0.467 e. The van der Waals surface area contributed by atoms with E-state index in [2.05, 4.69) is 5.32 Å². The van der Waals surface area contributed by atoms with Crippen LogP contribution in [0.4, 0.5) is 5.69 Å². The number of rotatable bonds is 6. The molecular weight excluding hydrogens is 340 g/mol. The zero-order valence-electron chi connectivity index (χ0n) is 12.5. The summed E-state index contributed by atoms with van der Waals surface area (Å²) in [6.07, 6.45) is 1.47. The van der Waals surface area contributed by atoms with Crippen LogP contribution < -0.4 is 5.32 Å². The summed E-state index contributed by atoms with van der Waals surface area (Å²) in [6, 6.07) is 6.50. The Bertz CT molecular complexity index is 759. The number of nitrogens with one attached hydrogen (secondary N) is 1. The van der Waals surface area contributed by atoms with Crippen LogP contribution in [0.25, 0.3) is 0 Å². The molecule has 1 aromatic carbocycles. The van der Waals surface area contributed by atoms with Gasteiger partial charge >= 0.3 is 5.97 Å². The third kappa shape index (κ3) is 4.32. The predicted molar refractivity (Wildman–Crippen MR) is 83.7 cm³/mol. The zero-order valence-corrected chi connectivity index (χ0v) is 13.3. The van der Waals surface area contributed by atoms with E-state index in [1.54, 1.807) is 19.1 Å². The highest BCUT2D eigenvalue weighted by molar-refractivity contribution is 6.31. The molecule has 0 aliphatic rings. The van der Waals surface area contributed by atoms with E-state index in [0.717, 1.165) is 6.07 Å². The lowest BCUT2D eigenvalue weighted by atomic mass is 10.2. The first kappa shape index (κ1) is 17.5. The molecule has 0 saturated heterocycles. The molecule has 0 aliphatic heterocycles. The summed E-state index contributed by atoms with van der Waals surface area (Å²) in [5.41, 5.74) is -0.770. The van der Waals surface area contributed by atoms with Gasteiger partial charge in [0.2, 0.25) is 0 Å². The van der Waals surface area contributed by atoms with Gasteiger partial charge in [0.15, 0.2) is 6.61 Å². The Kier molecular flexibility index (Phi) is 5.54. The number of nitrogens with zero attached hydrogens (tertiary/aromatic N) is 1. The Hall–Kier alpha value is -2.87. The van der Waals surface area contributed by atoms with Gasteiger partial charge in [0, 0.05) is 11.1 Å². The number of carbonyl (C=O) groups excluding carboxylic acids is 2. The van der Waals surface area contributed by atoms with Gasteiger partial charge in [0.1, 0.15) is 11.3 Å². The first-order valence-electron chi connectivity index (χ1n) is 6.82. The molecule has 9 heteroatoms. The van der Waals surface area contributed by atoms with Crippen molar-refractivity contribution >= 4 is 29.2 Å². The normalized spacial score (nSPS) is 11.6. The quantitative estimate of drug-likeness (QED) is 0.486. The number of benzene rings is 1. The summed E-state index contributed by atoms with van der Waals surface area (Å²) in [5, 5.41) is 13.6. The van der Waals surface area contributed by atoms with Gasteiger partial charge in [-0.1, -0.05) is 11.6 Å². The fourth-order valence-corrected chi connectivity index (χ4v) is 2.10. The standard InChI is InChI=1S/C15H13ClN2O6/c1-9(13-3-2-6-23-13)17-14(19)8-24-15(20)11-5-4-10(16)7-12(11)18(21)22/h2-7,9H,8H2,1H3,(H,17,19)/t9-/m1/s1. The van der Waals surface area contributed by atoms with Crippen molar-refractivity contribution in [3.8, 4) is 0 Å². The molecule has 8 nitrogen and oxygen atoms in total. The molecule has 1 amide bonds. The molecule has 1 heterocycles. The number of hydrogen-bond acceptors (Lipinski definition) is 6. The van der Waals surface area contributed by atoms with Crippen LogP contribution >= 0.6 is 11.6 Å². The van der Waals surface area contributed by atoms with Crippen LogP contribution in [-0.4, -0.2) is 23.4 Å². The summed E-state index contributed by atoms with van der Waals surface area (Å²) in [5.74, 6) is -1.01. The average molecular weight is 353 g/mol. The van der Waals surface area contributed by atoms with Gasteiger partial charge in [0.05, 0.1) is 17.2 Å². The topological polar surface area (TPSA) is 112 Å². The van der Waals surface area contributed by atoms with Gasteiger partial charge in [-0.2, -0.15) is 0 Å². The predicted octanol–water partition coefficient (Wildman–Crippen LogP) is 2.88. The Balaban J connectivity index is 1.96. The second-order valence-electron chi connectivity index (χ2n) is 4.80. The van der Waals surface area contributed by atoms with E-state index < -0.39 is 35.1 Å². The summed E-state index contributed by atoms with van der Waals surface area (Å²) in [6.45, 7) is 1.12. The molecule has 2 rings (SSSR count). The Morgan fingerprint density at radius 3 is 2.79 bits per heavy atom. The number of carbonyl (C=O) groups is 2. The lowest BCUT2D eigenvalue weighted by Crippen LogP contribution is -2.31. The molecular formula is C15H13ClN2O6. The van der Waals surface area contributed by atoms with Crippen molar-refractivity contribution in [3.63, 3.8) is 0 Å². The van der Waals surface area contributed by atoms with Crippen LogP contribution in [-0.2, 0) is 9.53 Å². The van der Waals surface area contributed by atoms with Gasteiger partial charge in [-0.3, -0.25) is 14.9 Å². The number of nitro groups is 1. The van der Waals surface area contributed by atoms with Crippen molar-refractivity contribution in [2.45, 2.75) is 13.0 Å². The number of hydrogen-bond donors (Lipinski definition) is 1. The van der Waals surface area contributed by atoms with Crippen LogP contribution in [0.1, 0.15) is 29.1 Å².